The topological polar surface area (TPSA) is 23.0 Å². The Morgan fingerprint density at radius 2 is 1.06 bits per heavy atom. The average molecular weight is 685 g/mol. The van der Waals surface area contributed by atoms with Crippen molar-refractivity contribution in [1.29, 1.82) is 0 Å². The fraction of sp³-hybridized carbons (Fsp3) is 0.160. The molecule has 3 heterocycles. The van der Waals surface area contributed by atoms with Gasteiger partial charge in [-0.15, -0.1) is 0 Å². The van der Waals surface area contributed by atoms with E-state index in [2.05, 4.69) is 176 Å². The molecule has 0 N–H and O–H groups in total. The minimum atomic E-state index is 0.102. The van der Waals surface area contributed by atoms with Crippen LogP contribution in [0.15, 0.2) is 150 Å². The zero-order valence-electron chi connectivity index (χ0n) is 30.6. The van der Waals surface area contributed by atoms with Gasteiger partial charge in [-0.25, -0.2) is 0 Å². The highest BCUT2D eigenvalue weighted by molar-refractivity contribution is 6.24. The molecule has 0 saturated heterocycles. The van der Waals surface area contributed by atoms with Gasteiger partial charge >= 0.3 is 0 Å². The summed E-state index contributed by atoms with van der Waals surface area (Å²) in [6.07, 6.45) is 2.37. The summed E-state index contributed by atoms with van der Waals surface area (Å²) < 4.78 is 11.4. The zero-order valence-corrected chi connectivity index (χ0v) is 30.6. The van der Waals surface area contributed by atoms with E-state index in [0.717, 1.165) is 27.6 Å². The van der Waals surface area contributed by atoms with E-state index in [-0.39, 0.29) is 10.8 Å². The summed E-state index contributed by atoms with van der Waals surface area (Å²) >= 11 is 0. The minimum Gasteiger partial charge on any atom is -0.456 e. The van der Waals surface area contributed by atoms with Gasteiger partial charge in [-0.3, -0.25) is 0 Å². The molecule has 0 unspecified atom stereocenters. The first kappa shape index (κ1) is 30.6. The quantitative estimate of drug-likeness (QED) is 0.182. The Kier molecular flexibility index (Phi) is 6.19. The highest BCUT2D eigenvalue weighted by atomic mass is 16.3. The molecule has 0 atom stereocenters. The lowest BCUT2D eigenvalue weighted by atomic mass is 9.63. The fourth-order valence-corrected chi connectivity index (χ4v) is 9.55. The maximum atomic E-state index is 6.32. The van der Waals surface area contributed by atoms with Gasteiger partial charge in [0.2, 0.25) is 0 Å². The molecule has 0 saturated carbocycles. The molecule has 1 aliphatic carbocycles. The number of benzene rings is 7. The van der Waals surface area contributed by atoms with E-state index in [0.29, 0.717) is 0 Å². The predicted molar refractivity (Wildman–Crippen MR) is 223 cm³/mol. The van der Waals surface area contributed by atoms with Crippen molar-refractivity contribution < 1.29 is 4.42 Å². The molecule has 3 nitrogen and oxygen atoms in total. The van der Waals surface area contributed by atoms with Crippen LogP contribution in [0.4, 0.5) is 0 Å². The van der Waals surface area contributed by atoms with Crippen molar-refractivity contribution in [2.75, 3.05) is 0 Å². The van der Waals surface area contributed by atoms with Gasteiger partial charge in [0.25, 0.3) is 0 Å². The normalized spacial score (nSPS) is 15.3. The summed E-state index contributed by atoms with van der Waals surface area (Å²) in [6, 6.07) is 53.5. The fourth-order valence-electron chi connectivity index (χ4n) is 9.55. The molecule has 3 aromatic heterocycles. The van der Waals surface area contributed by atoms with Gasteiger partial charge in [0.15, 0.2) is 0 Å². The zero-order chi connectivity index (χ0) is 35.6. The average Bonchev–Trinajstić information content (AvgIpc) is 3.84. The van der Waals surface area contributed by atoms with Crippen LogP contribution in [0.2, 0.25) is 0 Å². The predicted octanol–water partition coefficient (Wildman–Crippen LogP) is 13.8. The van der Waals surface area contributed by atoms with Crippen LogP contribution in [-0.2, 0) is 10.8 Å². The molecule has 0 amide bonds. The van der Waals surface area contributed by atoms with Gasteiger partial charge in [-0.05, 0) is 101 Å². The number of fused-ring (bicyclic) bond motifs is 11. The Bertz CT molecular complexity index is 3110. The van der Waals surface area contributed by atoms with E-state index in [1.807, 2.05) is 6.07 Å². The second-order valence-corrected chi connectivity index (χ2v) is 16.4. The Balaban J connectivity index is 1.28. The van der Waals surface area contributed by atoms with Gasteiger partial charge in [-0.2, -0.15) is 0 Å². The molecule has 0 bridgehead atoms. The lowest BCUT2D eigenvalue weighted by molar-refractivity contribution is 0.332. The standard InChI is InChI=1S/C50H40N2O/c1-49(2)26-27-50(3,4)41-30-43-39(29-40(41)49)37-25-24-36-35-18-8-10-21-42(35)52(47(36)48(37)51(43)32-15-6-5-7-16-32)33-17-12-14-31(28-33)34-20-13-23-45-46(34)38-19-9-11-22-44(38)53-45/h5-25,28-30H,26-27H2,1-4H3. The monoisotopic (exact) mass is 684 g/mol. The lowest BCUT2D eigenvalue weighted by Crippen LogP contribution is -2.33. The summed E-state index contributed by atoms with van der Waals surface area (Å²) in [5, 5.41) is 7.41. The summed E-state index contributed by atoms with van der Waals surface area (Å²) in [4.78, 5) is 0. The third kappa shape index (κ3) is 4.28. The van der Waals surface area contributed by atoms with Crippen LogP contribution in [0.25, 0.3) is 88.1 Å². The van der Waals surface area contributed by atoms with E-state index in [4.69, 9.17) is 4.42 Å². The van der Waals surface area contributed by atoms with Crippen LogP contribution < -0.4 is 0 Å². The second kappa shape index (κ2) is 10.7. The summed E-state index contributed by atoms with van der Waals surface area (Å²) in [6.45, 7) is 9.72. The second-order valence-electron chi connectivity index (χ2n) is 16.4. The van der Waals surface area contributed by atoms with Crippen molar-refractivity contribution in [3.05, 3.63) is 157 Å². The molecule has 53 heavy (non-hydrogen) atoms. The van der Waals surface area contributed by atoms with Gasteiger partial charge in [0.05, 0.1) is 22.1 Å². The van der Waals surface area contributed by atoms with Crippen LogP contribution in [0.5, 0.6) is 0 Å². The molecular weight excluding hydrogens is 645 g/mol. The molecule has 7 aromatic carbocycles. The number of aromatic nitrogens is 2. The van der Waals surface area contributed by atoms with Gasteiger partial charge < -0.3 is 13.6 Å². The number of nitrogens with zero attached hydrogens (tertiary/aromatic N) is 2. The third-order valence-electron chi connectivity index (χ3n) is 12.4. The summed E-state index contributed by atoms with van der Waals surface area (Å²) in [5.41, 5.74) is 14.6. The number of hydrogen-bond donors (Lipinski definition) is 0. The molecule has 256 valence electrons. The van der Waals surface area contributed by atoms with Crippen molar-refractivity contribution in [1.82, 2.24) is 9.13 Å². The summed E-state index contributed by atoms with van der Waals surface area (Å²) in [5.74, 6) is 0. The SMILES string of the molecule is CC1(C)CCC(C)(C)c2cc3c(cc21)c1ccc2c4ccccc4n(-c4cccc(-c5cccc6oc7ccccc7c56)c4)c2c1n3-c1ccccc1. The number of para-hydroxylation sites is 3. The van der Waals surface area contributed by atoms with Crippen LogP contribution in [0, 0.1) is 0 Å². The van der Waals surface area contributed by atoms with Gasteiger partial charge in [0, 0.05) is 43.7 Å². The number of furan rings is 1. The number of rotatable bonds is 3. The molecule has 3 heteroatoms. The lowest BCUT2D eigenvalue weighted by Gasteiger charge is -2.42. The van der Waals surface area contributed by atoms with Crippen molar-refractivity contribution in [3.63, 3.8) is 0 Å². The first-order valence-electron chi connectivity index (χ1n) is 18.9. The molecule has 0 fully saturated rings. The van der Waals surface area contributed by atoms with E-state index >= 15 is 0 Å². The smallest absolute Gasteiger partial charge is 0.136 e. The van der Waals surface area contributed by atoms with Crippen LogP contribution >= 0.6 is 0 Å². The molecule has 0 aliphatic heterocycles. The Morgan fingerprint density at radius 1 is 0.453 bits per heavy atom. The van der Waals surface area contributed by atoms with E-state index in [1.54, 1.807) is 0 Å². The van der Waals surface area contributed by atoms with Gasteiger partial charge in [0.1, 0.15) is 11.2 Å². The van der Waals surface area contributed by atoms with Crippen molar-refractivity contribution >= 4 is 65.6 Å². The first-order chi connectivity index (χ1) is 25.8. The van der Waals surface area contributed by atoms with E-state index in [1.165, 1.54) is 84.4 Å². The molecule has 0 radical (unpaired) electrons. The highest BCUT2D eigenvalue weighted by Gasteiger charge is 2.38. The molecule has 0 spiro atoms. The Hall–Kier alpha value is -6.06. The maximum Gasteiger partial charge on any atom is 0.136 e. The third-order valence-corrected chi connectivity index (χ3v) is 12.4. The van der Waals surface area contributed by atoms with Crippen molar-refractivity contribution in [3.8, 4) is 22.5 Å². The van der Waals surface area contributed by atoms with Crippen LogP contribution in [0.3, 0.4) is 0 Å². The highest BCUT2D eigenvalue weighted by Crippen LogP contribution is 2.50. The largest absolute Gasteiger partial charge is 0.456 e. The number of hydrogen-bond acceptors (Lipinski definition) is 1. The Morgan fingerprint density at radius 3 is 1.85 bits per heavy atom. The molecule has 11 rings (SSSR count). The van der Waals surface area contributed by atoms with Crippen molar-refractivity contribution in [2.24, 2.45) is 0 Å². The minimum absolute atomic E-state index is 0.102. The first-order valence-corrected chi connectivity index (χ1v) is 18.9. The summed E-state index contributed by atoms with van der Waals surface area (Å²) in [7, 11) is 0. The van der Waals surface area contributed by atoms with E-state index in [9.17, 15) is 0 Å². The van der Waals surface area contributed by atoms with Crippen LogP contribution in [0.1, 0.15) is 51.7 Å². The Labute approximate surface area is 308 Å². The molecular formula is C50H40N2O. The van der Waals surface area contributed by atoms with E-state index < -0.39 is 0 Å². The van der Waals surface area contributed by atoms with Gasteiger partial charge in [-0.1, -0.05) is 119 Å². The maximum absolute atomic E-state index is 6.32. The molecule has 1 aliphatic rings. The van der Waals surface area contributed by atoms with Crippen LogP contribution in [-0.4, -0.2) is 9.13 Å². The molecule has 10 aromatic rings. The van der Waals surface area contributed by atoms with Crippen molar-refractivity contribution in [2.45, 2.75) is 51.4 Å².